The van der Waals surface area contributed by atoms with Gasteiger partial charge in [0, 0.05) is 35.2 Å². The zero-order valence-corrected chi connectivity index (χ0v) is 20.8. The van der Waals surface area contributed by atoms with Gasteiger partial charge in [0.05, 0.1) is 17.3 Å². The number of ketones is 2. The number of phenolic OH excluding ortho intramolecular Hbond substituents is 1. The number of carbonyl (C=O) groups is 3. The van der Waals surface area contributed by atoms with E-state index in [1.165, 1.54) is 7.05 Å². The van der Waals surface area contributed by atoms with E-state index in [0.29, 0.717) is 12.1 Å². The number of aliphatic hydroxyl groups excluding tert-OH is 2. The number of phenols is 1. The molecule has 12 heteroatoms. The summed E-state index contributed by atoms with van der Waals surface area (Å²) in [4.78, 5) is 41.1. The van der Waals surface area contributed by atoms with Gasteiger partial charge in [0.1, 0.15) is 22.9 Å². The minimum Gasteiger partial charge on any atom is -0.510 e. The van der Waals surface area contributed by atoms with Gasteiger partial charge < -0.3 is 36.8 Å². The Morgan fingerprint density at radius 2 is 1.97 bits per heavy atom. The van der Waals surface area contributed by atoms with Crippen LogP contribution in [0.15, 0.2) is 22.7 Å². The fourth-order valence-electron chi connectivity index (χ4n) is 7.51. The Bertz CT molecular complexity index is 1400. The molecule has 0 aromatic heterocycles. The Morgan fingerprint density at radius 3 is 2.63 bits per heavy atom. The molecule has 1 saturated heterocycles. The SMILES string of the molecule is CN[C@@H]1C(O)=C(C(N)=O)C(=O)[C@@]2(O)C(O)=C3C(=O)c4c(O)c5c(c(F)c4C[C@H]3C[C@@H]12)C1C(CCN1C)CN5. The van der Waals surface area contributed by atoms with Crippen LogP contribution in [-0.4, -0.2) is 81.6 Å². The number of Topliss-reactive ketones (excluding diaryl/α,β-unsaturated/α-hetero) is 2. The molecule has 3 aliphatic carbocycles. The first-order chi connectivity index (χ1) is 17.9. The average molecular weight is 529 g/mol. The molecule has 2 heterocycles. The number of aliphatic hydroxyl groups is 3. The van der Waals surface area contributed by atoms with E-state index in [9.17, 15) is 34.8 Å². The Hall–Kier alpha value is -3.48. The number of halogens is 1. The number of likely N-dealkylation sites (tertiary alicyclic amines) is 1. The molecular weight excluding hydrogens is 499 g/mol. The quantitative estimate of drug-likeness (QED) is 0.208. The number of nitrogens with zero attached hydrogens (tertiary/aromatic N) is 1. The third-order valence-corrected chi connectivity index (χ3v) is 9.26. The molecule has 2 aliphatic heterocycles. The standard InChI is InChI=1S/C26H29FN4O7/c1-29-17-11-6-9-5-10-13(21(33)18-14(16(10)27)19-8(7-30-18)3-4-31(19)2)20(32)12(9)23(35)26(11,38)24(36)15(22(17)34)25(28)37/h8-9,11,17,19,29-30,33-35,38H,3-7H2,1-2H3,(H2,28,37)/t8?,9-,11-,17-,19?,26-/m0/s1. The summed E-state index contributed by atoms with van der Waals surface area (Å²) in [6.45, 7) is 1.26. The molecule has 11 nitrogen and oxygen atoms in total. The van der Waals surface area contributed by atoms with Crippen molar-refractivity contribution in [1.29, 1.82) is 0 Å². The third-order valence-electron chi connectivity index (χ3n) is 9.26. The smallest absolute Gasteiger partial charge is 0.255 e. The lowest BCUT2D eigenvalue weighted by Crippen LogP contribution is -2.63. The van der Waals surface area contributed by atoms with E-state index >= 15 is 4.39 Å². The number of aromatic hydroxyl groups is 1. The molecule has 202 valence electrons. The van der Waals surface area contributed by atoms with Crippen molar-refractivity contribution >= 4 is 23.2 Å². The Morgan fingerprint density at radius 1 is 1.26 bits per heavy atom. The first-order valence-electron chi connectivity index (χ1n) is 12.6. The van der Waals surface area contributed by atoms with E-state index in [1.54, 1.807) is 0 Å². The van der Waals surface area contributed by atoms with Gasteiger partial charge in [-0.25, -0.2) is 4.39 Å². The number of nitrogens with one attached hydrogen (secondary N) is 2. The summed E-state index contributed by atoms with van der Waals surface area (Å²) in [6.07, 6.45) is 0.672. The normalized spacial score (nSPS) is 34.3. The summed E-state index contributed by atoms with van der Waals surface area (Å²) in [5, 5.41) is 50.5. The second kappa shape index (κ2) is 8.01. The van der Waals surface area contributed by atoms with E-state index in [2.05, 4.69) is 10.6 Å². The lowest BCUT2D eigenvalue weighted by atomic mass is 9.58. The molecule has 5 aliphatic rings. The zero-order chi connectivity index (χ0) is 27.4. The first-order valence-corrected chi connectivity index (χ1v) is 12.6. The predicted molar refractivity (Wildman–Crippen MR) is 131 cm³/mol. The molecule has 0 radical (unpaired) electrons. The molecule has 6 rings (SSSR count). The highest BCUT2D eigenvalue weighted by molar-refractivity contribution is 6.25. The van der Waals surface area contributed by atoms with Crippen LogP contribution in [-0.2, 0) is 16.0 Å². The largest absolute Gasteiger partial charge is 0.510 e. The summed E-state index contributed by atoms with van der Waals surface area (Å²) in [6, 6.07) is -1.42. The van der Waals surface area contributed by atoms with Crippen LogP contribution in [0.2, 0.25) is 0 Å². The van der Waals surface area contributed by atoms with Gasteiger partial charge in [0.25, 0.3) is 5.91 Å². The second-order valence-electron chi connectivity index (χ2n) is 11.0. The van der Waals surface area contributed by atoms with Crippen LogP contribution in [0.3, 0.4) is 0 Å². The van der Waals surface area contributed by atoms with Crippen LogP contribution in [0.4, 0.5) is 10.1 Å². The van der Waals surface area contributed by atoms with Crippen molar-refractivity contribution in [3.63, 3.8) is 0 Å². The van der Waals surface area contributed by atoms with Crippen LogP contribution >= 0.6 is 0 Å². The number of allylic oxidation sites excluding steroid dienone is 1. The van der Waals surface area contributed by atoms with Gasteiger partial charge in [-0.2, -0.15) is 0 Å². The summed E-state index contributed by atoms with van der Waals surface area (Å²) in [7, 11) is 3.32. The van der Waals surface area contributed by atoms with Crippen LogP contribution in [0.25, 0.3) is 0 Å². The topological polar surface area (TPSA) is 185 Å². The maximum absolute atomic E-state index is 16.2. The number of hydrogen-bond donors (Lipinski definition) is 7. The molecule has 6 atom stereocenters. The second-order valence-corrected chi connectivity index (χ2v) is 11.0. The fraction of sp³-hybridized carbons (Fsp3) is 0.500. The van der Waals surface area contributed by atoms with E-state index < -0.39 is 69.6 Å². The van der Waals surface area contributed by atoms with Gasteiger partial charge in [-0.15, -0.1) is 0 Å². The number of rotatable bonds is 2. The zero-order valence-electron chi connectivity index (χ0n) is 20.8. The highest BCUT2D eigenvalue weighted by atomic mass is 19.1. The summed E-state index contributed by atoms with van der Waals surface area (Å²) in [5.74, 6) is -8.08. The van der Waals surface area contributed by atoms with Crippen molar-refractivity contribution in [3.05, 3.63) is 45.2 Å². The van der Waals surface area contributed by atoms with Gasteiger partial charge in [0.2, 0.25) is 5.78 Å². The minimum absolute atomic E-state index is 0.0155. The van der Waals surface area contributed by atoms with E-state index in [0.717, 1.165) is 13.0 Å². The molecule has 8 N–H and O–H groups in total. The lowest BCUT2D eigenvalue weighted by Gasteiger charge is -2.48. The number of benzene rings is 1. The number of amides is 1. The monoisotopic (exact) mass is 528 g/mol. The average Bonchev–Trinajstić information content (AvgIpc) is 3.25. The molecule has 1 aromatic carbocycles. The number of nitrogens with two attached hydrogens (primary N) is 1. The van der Waals surface area contributed by atoms with Crippen LogP contribution in [0.1, 0.15) is 40.4 Å². The number of carbonyl (C=O) groups excluding carboxylic acids is 3. The number of anilines is 1. The number of primary amides is 1. The molecule has 1 fully saturated rings. The third kappa shape index (κ3) is 2.85. The summed E-state index contributed by atoms with van der Waals surface area (Å²) < 4.78 is 16.2. The Balaban J connectivity index is 1.54. The first kappa shape index (κ1) is 24.8. The Labute approximate surface area is 216 Å². The molecule has 0 spiro atoms. The molecule has 1 aromatic rings. The van der Waals surface area contributed by atoms with Gasteiger partial charge in [0.15, 0.2) is 17.1 Å². The molecule has 0 bridgehead atoms. The molecule has 1 amide bonds. The van der Waals surface area contributed by atoms with Crippen LogP contribution in [0, 0.1) is 23.6 Å². The fourth-order valence-corrected chi connectivity index (χ4v) is 7.51. The van der Waals surface area contributed by atoms with Gasteiger partial charge in [-0.05, 0) is 51.7 Å². The highest BCUT2D eigenvalue weighted by Gasteiger charge is 2.63. The van der Waals surface area contributed by atoms with E-state index in [1.807, 2.05) is 11.9 Å². The Kier molecular flexibility index (Phi) is 5.24. The number of hydrogen-bond acceptors (Lipinski definition) is 10. The molecule has 38 heavy (non-hydrogen) atoms. The highest BCUT2D eigenvalue weighted by Crippen LogP contribution is 2.55. The summed E-state index contributed by atoms with van der Waals surface area (Å²) in [5.41, 5.74) is 1.49. The molecule has 2 unspecified atom stereocenters. The van der Waals surface area contributed by atoms with Crippen molar-refractivity contribution in [3.8, 4) is 5.75 Å². The van der Waals surface area contributed by atoms with Gasteiger partial charge in [-0.3, -0.25) is 19.3 Å². The number of likely N-dealkylation sites (N-methyl/N-ethyl adjacent to an activating group) is 1. The number of fused-ring (bicyclic) bond motifs is 6. The lowest BCUT2D eigenvalue weighted by molar-refractivity contribution is -0.146. The maximum Gasteiger partial charge on any atom is 0.255 e. The maximum atomic E-state index is 16.2. The van der Waals surface area contributed by atoms with Crippen LogP contribution < -0.4 is 16.4 Å². The van der Waals surface area contributed by atoms with Gasteiger partial charge >= 0.3 is 0 Å². The van der Waals surface area contributed by atoms with E-state index in [4.69, 9.17) is 5.73 Å². The molecule has 0 saturated carbocycles. The molecular formula is C26H29FN4O7. The van der Waals surface area contributed by atoms with Crippen molar-refractivity contribution in [2.24, 2.45) is 23.5 Å². The minimum atomic E-state index is -2.73. The summed E-state index contributed by atoms with van der Waals surface area (Å²) >= 11 is 0. The van der Waals surface area contributed by atoms with Crippen LogP contribution in [0.5, 0.6) is 5.75 Å². The van der Waals surface area contributed by atoms with Crippen molar-refractivity contribution in [1.82, 2.24) is 10.2 Å². The van der Waals surface area contributed by atoms with Crippen molar-refractivity contribution in [2.75, 3.05) is 32.5 Å². The van der Waals surface area contributed by atoms with Crippen molar-refractivity contribution < 1.29 is 39.2 Å². The van der Waals surface area contributed by atoms with E-state index in [-0.39, 0.29) is 47.2 Å². The van der Waals surface area contributed by atoms with Crippen molar-refractivity contribution in [2.45, 2.75) is 36.9 Å². The van der Waals surface area contributed by atoms with Gasteiger partial charge in [-0.1, -0.05) is 0 Å². The predicted octanol–water partition coefficient (Wildman–Crippen LogP) is 0.336.